The van der Waals surface area contributed by atoms with E-state index in [-0.39, 0.29) is 11.9 Å². The minimum atomic E-state index is -0.521. The molecule has 2 unspecified atom stereocenters. The molecule has 5 nitrogen and oxygen atoms in total. The van der Waals surface area contributed by atoms with E-state index >= 15 is 0 Å². The van der Waals surface area contributed by atoms with Crippen molar-refractivity contribution in [2.75, 3.05) is 20.0 Å². The summed E-state index contributed by atoms with van der Waals surface area (Å²) in [6, 6.07) is 12.9. The number of ether oxygens (including phenoxy) is 3. The van der Waals surface area contributed by atoms with E-state index in [0.717, 1.165) is 5.56 Å². The Balaban J connectivity index is 1.88. The Hall–Kier alpha value is -2.53. The van der Waals surface area contributed by atoms with Crippen LogP contribution >= 0.6 is 0 Å². The van der Waals surface area contributed by atoms with Crippen molar-refractivity contribution >= 4 is 11.5 Å². The highest BCUT2D eigenvalue weighted by molar-refractivity contribution is 6.08. The van der Waals surface area contributed by atoms with Gasteiger partial charge in [0.2, 0.25) is 0 Å². The Kier molecular flexibility index (Phi) is 3.73. The molecule has 0 aliphatic carbocycles. The fraction of sp³-hybridized carbons (Fsp3) is 0.235. The molecular formula is C17H17NO4. The lowest BCUT2D eigenvalue weighted by Gasteiger charge is -2.11. The monoisotopic (exact) mass is 299 g/mol. The Morgan fingerprint density at radius 3 is 2.50 bits per heavy atom. The van der Waals surface area contributed by atoms with E-state index in [1.165, 1.54) is 14.2 Å². The predicted molar refractivity (Wildman–Crippen MR) is 82.3 cm³/mol. The van der Waals surface area contributed by atoms with Gasteiger partial charge in [0, 0.05) is 17.8 Å². The zero-order valence-electron chi connectivity index (χ0n) is 12.4. The lowest BCUT2D eigenvalue weighted by Crippen LogP contribution is -2.13. The predicted octanol–water partition coefficient (Wildman–Crippen LogP) is 2.61. The third-order valence-electron chi connectivity index (χ3n) is 3.69. The SMILES string of the molecule is COc1cc(N)c(C(=O)C2OC2c2ccccc2)c(OC)c1. The smallest absolute Gasteiger partial charge is 0.200 e. The number of nitrogens with two attached hydrogens (primary N) is 1. The summed E-state index contributed by atoms with van der Waals surface area (Å²) in [7, 11) is 3.03. The Morgan fingerprint density at radius 1 is 1.14 bits per heavy atom. The largest absolute Gasteiger partial charge is 0.497 e. The molecule has 0 bridgehead atoms. The number of epoxide rings is 1. The van der Waals surface area contributed by atoms with E-state index in [0.29, 0.717) is 22.7 Å². The molecule has 0 spiro atoms. The van der Waals surface area contributed by atoms with Gasteiger partial charge in [0.25, 0.3) is 0 Å². The van der Waals surface area contributed by atoms with Crippen LogP contribution in [0.25, 0.3) is 0 Å². The zero-order chi connectivity index (χ0) is 15.7. The summed E-state index contributed by atoms with van der Waals surface area (Å²) in [6.07, 6.45) is -0.744. The van der Waals surface area contributed by atoms with E-state index in [1.54, 1.807) is 12.1 Å². The standard InChI is InChI=1S/C17H17NO4/c1-20-11-8-12(18)14(13(9-11)21-2)15(19)17-16(22-17)10-6-4-3-5-7-10/h3-9,16-17H,18H2,1-2H3. The summed E-state index contributed by atoms with van der Waals surface area (Å²) in [6.45, 7) is 0. The highest BCUT2D eigenvalue weighted by atomic mass is 16.6. The van der Waals surface area contributed by atoms with E-state index in [2.05, 4.69) is 0 Å². The van der Waals surface area contributed by atoms with E-state index in [9.17, 15) is 4.79 Å². The van der Waals surface area contributed by atoms with Gasteiger partial charge in [-0.25, -0.2) is 0 Å². The number of benzene rings is 2. The highest BCUT2D eigenvalue weighted by Gasteiger charge is 2.47. The molecular weight excluding hydrogens is 282 g/mol. The number of anilines is 1. The van der Waals surface area contributed by atoms with Crippen LogP contribution in [0.2, 0.25) is 0 Å². The van der Waals surface area contributed by atoms with Gasteiger partial charge in [0.05, 0.1) is 19.8 Å². The molecule has 2 atom stereocenters. The van der Waals surface area contributed by atoms with Crippen molar-refractivity contribution in [1.29, 1.82) is 0 Å². The minimum Gasteiger partial charge on any atom is -0.497 e. The molecule has 1 aliphatic rings. The summed E-state index contributed by atoms with van der Waals surface area (Å²) in [5.74, 6) is 0.761. The van der Waals surface area contributed by atoms with Crippen molar-refractivity contribution in [2.24, 2.45) is 0 Å². The van der Waals surface area contributed by atoms with Crippen LogP contribution in [0.15, 0.2) is 42.5 Å². The zero-order valence-corrected chi connectivity index (χ0v) is 12.4. The first-order valence-corrected chi connectivity index (χ1v) is 6.92. The topological polar surface area (TPSA) is 74.1 Å². The Morgan fingerprint density at radius 2 is 1.86 bits per heavy atom. The van der Waals surface area contributed by atoms with E-state index < -0.39 is 6.10 Å². The van der Waals surface area contributed by atoms with Gasteiger partial charge in [-0.15, -0.1) is 0 Å². The first-order valence-electron chi connectivity index (χ1n) is 6.92. The molecule has 5 heteroatoms. The molecule has 0 radical (unpaired) electrons. The number of carbonyl (C=O) groups excluding carboxylic acids is 1. The molecule has 2 aromatic carbocycles. The quantitative estimate of drug-likeness (QED) is 0.522. The maximum absolute atomic E-state index is 12.7. The number of methoxy groups -OCH3 is 2. The van der Waals surface area contributed by atoms with Gasteiger partial charge >= 0.3 is 0 Å². The Bertz CT molecular complexity index is 699. The average Bonchev–Trinajstić information content (AvgIpc) is 3.35. The average molecular weight is 299 g/mol. The van der Waals surface area contributed by atoms with Crippen molar-refractivity contribution < 1.29 is 19.0 Å². The second-order valence-electron chi connectivity index (χ2n) is 5.05. The van der Waals surface area contributed by atoms with Crippen molar-refractivity contribution in [3.05, 3.63) is 53.6 Å². The minimum absolute atomic E-state index is 0.175. The number of Topliss-reactive ketones (excluding diaryl/α,β-unsaturated/α-hetero) is 1. The fourth-order valence-corrected chi connectivity index (χ4v) is 2.50. The Labute approximate surface area is 128 Å². The molecule has 114 valence electrons. The van der Waals surface area contributed by atoms with Crippen LogP contribution in [-0.2, 0) is 4.74 Å². The van der Waals surface area contributed by atoms with Crippen LogP contribution < -0.4 is 15.2 Å². The molecule has 22 heavy (non-hydrogen) atoms. The molecule has 1 aliphatic heterocycles. The fourth-order valence-electron chi connectivity index (χ4n) is 2.50. The third kappa shape index (κ3) is 2.51. The van der Waals surface area contributed by atoms with E-state index in [1.807, 2.05) is 30.3 Å². The second-order valence-corrected chi connectivity index (χ2v) is 5.05. The lowest BCUT2D eigenvalue weighted by atomic mass is 10.0. The third-order valence-corrected chi connectivity index (χ3v) is 3.69. The molecule has 1 saturated heterocycles. The van der Waals surface area contributed by atoms with Crippen LogP contribution in [0, 0.1) is 0 Å². The van der Waals surface area contributed by atoms with Crippen molar-refractivity contribution in [3.8, 4) is 11.5 Å². The summed E-state index contributed by atoms with van der Waals surface area (Å²) < 4.78 is 15.9. The number of carbonyl (C=O) groups is 1. The molecule has 0 amide bonds. The van der Waals surface area contributed by atoms with Crippen molar-refractivity contribution in [3.63, 3.8) is 0 Å². The van der Waals surface area contributed by atoms with Crippen LogP contribution in [0.3, 0.4) is 0 Å². The maximum Gasteiger partial charge on any atom is 0.200 e. The number of rotatable bonds is 5. The summed E-state index contributed by atoms with van der Waals surface area (Å²) in [5, 5.41) is 0. The van der Waals surface area contributed by atoms with Crippen LogP contribution in [-0.4, -0.2) is 26.1 Å². The molecule has 3 rings (SSSR count). The number of hydrogen-bond acceptors (Lipinski definition) is 5. The van der Waals surface area contributed by atoms with Crippen molar-refractivity contribution in [1.82, 2.24) is 0 Å². The second kappa shape index (κ2) is 5.69. The van der Waals surface area contributed by atoms with Crippen molar-refractivity contribution in [2.45, 2.75) is 12.2 Å². The van der Waals surface area contributed by atoms with Gasteiger partial charge in [0.1, 0.15) is 17.6 Å². The molecule has 1 heterocycles. The maximum atomic E-state index is 12.7. The van der Waals surface area contributed by atoms with Gasteiger partial charge in [-0.05, 0) is 5.56 Å². The van der Waals surface area contributed by atoms with Gasteiger partial charge in [0.15, 0.2) is 11.9 Å². The summed E-state index contributed by atoms with van der Waals surface area (Å²) in [5.41, 5.74) is 7.63. The molecule has 2 aromatic rings. The highest BCUT2D eigenvalue weighted by Crippen LogP contribution is 2.43. The number of nitrogen functional groups attached to an aromatic ring is 1. The van der Waals surface area contributed by atoms with Crippen LogP contribution in [0.4, 0.5) is 5.69 Å². The first kappa shape index (κ1) is 14.4. The summed E-state index contributed by atoms with van der Waals surface area (Å²) >= 11 is 0. The van der Waals surface area contributed by atoms with Crippen LogP contribution in [0.5, 0.6) is 11.5 Å². The summed E-state index contributed by atoms with van der Waals surface area (Å²) in [4.78, 5) is 12.7. The van der Waals surface area contributed by atoms with Crippen LogP contribution in [0.1, 0.15) is 22.0 Å². The molecule has 0 aromatic heterocycles. The first-order chi connectivity index (χ1) is 10.7. The van der Waals surface area contributed by atoms with Gasteiger partial charge in [-0.1, -0.05) is 30.3 Å². The van der Waals surface area contributed by atoms with Gasteiger partial charge < -0.3 is 19.9 Å². The number of hydrogen-bond donors (Lipinski definition) is 1. The molecule has 0 saturated carbocycles. The van der Waals surface area contributed by atoms with E-state index in [4.69, 9.17) is 19.9 Å². The molecule has 2 N–H and O–H groups in total. The van der Waals surface area contributed by atoms with Gasteiger partial charge in [-0.3, -0.25) is 4.79 Å². The number of ketones is 1. The lowest BCUT2D eigenvalue weighted by molar-refractivity contribution is 0.0951. The normalized spacial score (nSPS) is 19.5. The van der Waals surface area contributed by atoms with Gasteiger partial charge in [-0.2, -0.15) is 0 Å². The molecule has 1 fully saturated rings.